The SMILES string of the molecule is CC[C@H]1CC(NC(C)c2ncc(-c3ccc(OC)cc3)cn2)=CN1. The van der Waals surface area contributed by atoms with Crippen LogP contribution < -0.4 is 15.4 Å². The van der Waals surface area contributed by atoms with Gasteiger partial charge in [0.1, 0.15) is 11.6 Å². The van der Waals surface area contributed by atoms with Crippen LogP contribution in [0.1, 0.15) is 38.6 Å². The summed E-state index contributed by atoms with van der Waals surface area (Å²) in [6.45, 7) is 4.28. The van der Waals surface area contributed by atoms with E-state index in [1.807, 2.05) is 36.7 Å². The van der Waals surface area contributed by atoms with Gasteiger partial charge in [-0.25, -0.2) is 9.97 Å². The zero-order chi connectivity index (χ0) is 16.9. The van der Waals surface area contributed by atoms with Gasteiger partial charge < -0.3 is 15.4 Å². The molecule has 0 radical (unpaired) electrons. The Hall–Kier alpha value is -2.56. The summed E-state index contributed by atoms with van der Waals surface area (Å²) in [6.07, 6.45) is 7.97. The van der Waals surface area contributed by atoms with Crippen molar-refractivity contribution < 1.29 is 4.74 Å². The lowest BCUT2D eigenvalue weighted by atomic mass is 10.1. The fourth-order valence-corrected chi connectivity index (χ4v) is 2.80. The number of methoxy groups -OCH3 is 1. The highest BCUT2D eigenvalue weighted by Crippen LogP contribution is 2.22. The molecule has 2 heterocycles. The van der Waals surface area contributed by atoms with E-state index >= 15 is 0 Å². The topological polar surface area (TPSA) is 59.1 Å². The number of nitrogens with zero attached hydrogens (tertiary/aromatic N) is 2. The van der Waals surface area contributed by atoms with Gasteiger partial charge in [-0.1, -0.05) is 19.1 Å². The van der Waals surface area contributed by atoms with E-state index in [-0.39, 0.29) is 6.04 Å². The lowest BCUT2D eigenvalue weighted by molar-refractivity contribution is 0.415. The highest BCUT2D eigenvalue weighted by molar-refractivity contribution is 5.62. The van der Waals surface area contributed by atoms with Crippen LogP contribution in [0.5, 0.6) is 5.75 Å². The molecule has 2 aromatic rings. The van der Waals surface area contributed by atoms with Gasteiger partial charge in [0.15, 0.2) is 0 Å². The number of benzene rings is 1. The summed E-state index contributed by atoms with van der Waals surface area (Å²) in [5, 5.41) is 6.87. The largest absolute Gasteiger partial charge is 0.497 e. The molecule has 1 unspecified atom stereocenters. The van der Waals surface area contributed by atoms with Gasteiger partial charge in [-0.05, 0) is 31.0 Å². The molecule has 0 fully saturated rings. The number of nitrogens with one attached hydrogen (secondary N) is 2. The Labute approximate surface area is 143 Å². The van der Waals surface area contributed by atoms with Gasteiger partial charge in [-0.3, -0.25) is 0 Å². The quantitative estimate of drug-likeness (QED) is 0.853. The minimum absolute atomic E-state index is 0.0820. The molecular weight excluding hydrogens is 300 g/mol. The molecule has 1 aromatic heterocycles. The molecule has 0 saturated carbocycles. The minimum atomic E-state index is 0.0820. The first-order valence-corrected chi connectivity index (χ1v) is 8.37. The molecule has 1 aliphatic rings. The number of ether oxygens (including phenoxy) is 1. The summed E-state index contributed by atoms with van der Waals surface area (Å²) in [6, 6.07) is 8.53. The summed E-state index contributed by atoms with van der Waals surface area (Å²) >= 11 is 0. The van der Waals surface area contributed by atoms with Crippen molar-refractivity contribution in [1.29, 1.82) is 0 Å². The fraction of sp³-hybridized carbons (Fsp3) is 0.368. The summed E-state index contributed by atoms with van der Waals surface area (Å²) in [7, 11) is 1.67. The van der Waals surface area contributed by atoms with E-state index in [2.05, 4.69) is 40.6 Å². The molecule has 0 saturated heterocycles. The molecule has 1 aliphatic heterocycles. The van der Waals surface area contributed by atoms with E-state index in [4.69, 9.17) is 4.74 Å². The second-order valence-corrected chi connectivity index (χ2v) is 6.07. The predicted octanol–water partition coefficient (Wildman–Crippen LogP) is 3.42. The first kappa shape index (κ1) is 16.3. The third-order valence-corrected chi connectivity index (χ3v) is 4.34. The maximum Gasteiger partial charge on any atom is 0.150 e. The molecule has 126 valence electrons. The average molecular weight is 324 g/mol. The van der Waals surface area contributed by atoms with Crippen LogP contribution in [0.25, 0.3) is 11.1 Å². The van der Waals surface area contributed by atoms with Crippen molar-refractivity contribution in [3.8, 4) is 16.9 Å². The normalized spacial score (nSPS) is 17.8. The van der Waals surface area contributed by atoms with E-state index in [1.165, 1.54) is 5.70 Å². The van der Waals surface area contributed by atoms with Gasteiger partial charge in [-0.2, -0.15) is 0 Å². The Morgan fingerprint density at radius 2 is 1.92 bits per heavy atom. The van der Waals surface area contributed by atoms with Gasteiger partial charge in [-0.15, -0.1) is 0 Å². The molecule has 24 heavy (non-hydrogen) atoms. The molecule has 2 atom stereocenters. The third kappa shape index (κ3) is 3.67. The molecule has 0 aliphatic carbocycles. The molecule has 1 aromatic carbocycles. The highest BCUT2D eigenvalue weighted by Gasteiger charge is 2.17. The van der Waals surface area contributed by atoms with Crippen LogP contribution in [0.15, 0.2) is 48.6 Å². The van der Waals surface area contributed by atoms with Crippen molar-refractivity contribution in [2.24, 2.45) is 0 Å². The van der Waals surface area contributed by atoms with Crippen molar-refractivity contribution in [1.82, 2.24) is 20.6 Å². The first-order chi connectivity index (χ1) is 11.7. The van der Waals surface area contributed by atoms with Crippen molar-refractivity contribution in [3.63, 3.8) is 0 Å². The molecule has 5 heteroatoms. The Morgan fingerprint density at radius 1 is 1.21 bits per heavy atom. The monoisotopic (exact) mass is 324 g/mol. The van der Waals surface area contributed by atoms with Crippen LogP contribution in [0.3, 0.4) is 0 Å². The van der Waals surface area contributed by atoms with Crippen LogP contribution in [-0.2, 0) is 0 Å². The summed E-state index contributed by atoms with van der Waals surface area (Å²) in [5.74, 6) is 1.64. The smallest absolute Gasteiger partial charge is 0.150 e. The van der Waals surface area contributed by atoms with Crippen LogP contribution in [0, 0.1) is 0 Å². The lowest BCUT2D eigenvalue weighted by Crippen LogP contribution is -2.21. The summed E-state index contributed by atoms with van der Waals surface area (Å²) in [4.78, 5) is 9.05. The second-order valence-electron chi connectivity index (χ2n) is 6.07. The van der Waals surface area contributed by atoms with Crippen LogP contribution in [0.2, 0.25) is 0 Å². The second kappa shape index (κ2) is 7.34. The van der Waals surface area contributed by atoms with E-state index in [0.29, 0.717) is 6.04 Å². The van der Waals surface area contributed by atoms with Crippen molar-refractivity contribution in [2.45, 2.75) is 38.8 Å². The number of aromatic nitrogens is 2. The maximum absolute atomic E-state index is 5.18. The van der Waals surface area contributed by atoms with E-state index in [9.17, 15) is 0 Å². The fourth-order valence-electron chi connectivity index (χ4n) is 2.80. The summed E-state index contributed by atoms with van der Waals surface area (Å²) < 4.78 is 5.18. The van der Waals surface area contributed by atoms with E-state index in [0.717, 1.165) is 35.5 Å². The molecule has 0 bridgehead atoms. The van der Waals surface area contributed by atoms with Gasteiger partial charge >= 0.3 is 0 Å². The predicted molar refractivity (Wildman–Crippen MR) is 95.5 cm³/mol. The van der Waals surface area contributed by atoms with Gasteiger partial charge in [0, 0.05) is 42.3 Å². The molecule has 2 N–H and O–H groups in total. The Balaban J connectivity index is 1.65. The zero-order valence-corrected chi connectivity index (χ0v) is 14.4. The average Bonchev–Trinajstić information content (AvgIpc) is 3.09. The third-order valence-electron chi connectivity index (χ3n) is 4.34. The van der Waals surface area contributed by atoms with Crippen molar-refractivity contribution >= 4 is 0 Å². The standard InChI is InChI=1S/C19H24N4O/c1-4-16-9-17(12-20-16)23-13(2)19-21-10-15(11-22-19)14-5-7-18(24-3)8-6-14/h5-8,10-13,16,20,23H,4,9H2,1-3H3/t13?,16-/m0/s1. The molecule has 0 spiro atoms. The lowest BCUT2D eigenvalue weighted by Gasteiger charge is -2.15. The first-order valence-electron chi connectivity index (χ1n) is 8.37. The molecule has 0 amide bonds. The molecule has 5 nitrogen and oxygen atoms in total. The number of hydrogen-bond donors (Lipinski definition) is 2. The number of rotatable bonds is 6. The summed E-state index contributed by atoms with van der Waals surface area (Å²) in [5.41, 5.74) is 3.30. The Bertz CT molecular complexity index is 694. The Morgan fingerprint density at radius 3 is 2.50 bits per heavy atom. The van der Waals surface area contributed by atoms with Crippen molar-refractivity contribution in [2.75, 3.05) is 7.11 Å². The van der Waals surface area contributed by atoms with E-state index in [1.54, 1.807) is 7.11 Å². The van der Waals surface area contributed by atoms with Gasteiger partial charge in [0.25, 0.3) is 0 Å². The van der Waals surface area contributed by atoms with Crippen molar-refractivity contribution in [3.05, 3.63) is 54.4 Å². The zero-order valence-electron chi connectivity index (χ0n) is 14.4. The van der Waals surface area contributed by atoms with Gasteiger partial charge in [0.2, 0.25) is 0 Å². The maximum atomic E-state index is 5.18. The minimum Gasteiger partial charge on any atom is -0.497 e. The van der Waals surface area contributed by atoms with E-state index < -0.39 is 0 Å². The Kier molecular flexibility index (Phi) is 4.99. The van der Waals surface area contributed by atoms with Crippen LogP contribution in [0.4, 0.5) is 0 Å². The van der Waals surface area contributed by atoms with Gasteiger partial charge in [0.05, 0.1) is 13.2 Å². The van der Waals surface area contributed by atoms with Crippen LogP contribution >= 0.6 is 0 Å². The highest BCUT2D eigenvalue weighted by atomic mass is 16.5. The molecule has 3 rings (SSSR count). The van der Waals surface area contributed by atoms with Crippen LogP contribution in [-0.4, -0.2) is 23.1 Å². The molecular formula is C19H24N4O. The number of hydrogen-bond acceptors (Lipinski definition) is 5.